The molecular formula is C9H15NO3. The number of esters is 1. The maximum Gasteiger partial charge on any atom is 0.333 e. The lowest BCUT2D eigenvalue weighted by Gasteiger charge is -2.08. The van der Waals surface area contributed by atoms with Gasteiger partial charge in [-0.25, -0.2) is 4.79 Å². The Morgan fingerprint density at radius 1 is 1.46 bits per heavy atom. The summed E-state index contributed by atoms with van der Waals surface area (Å²) in [7, 11) is 1.51. The summed E-state index contributed by atoms with van der Waals surface area (Å²) in [6.45, 7) is 9.33. The Kier molecular flexibility index (Phi) is 5.43. The van der Waals surface area contributed by atoms with Crippen molar-refractivity contribution in [2.24, 2.45) is 0 Å². The van der Waals surface area contributed by atoms with Crippen LogP contribution in [0, 0.1) is 0 Å². The van der Waals surface area contributed by atoms with E-state index in [1.165, 1.54) is 7.11 Å². The number of carbonyl (C=O) groups excluding carboxylic acids is 1. The van der Waals surface area contributed by atoms with Crippen molar-refractivity contribution in [3.05, 3.63) is 24.6 Å². The summed E-state index contributed by atoms with van der Waals surface area (Å²) in [5.41, 5.74) is 0.394. The number of methoxy groups -OCH3 is 1. The van der Waals surface area contributed by atoms with Crippen LogP contribution in [-0.4, -0.2) is 26.2 Å². The fourth-order valence-electron chi connectivity index (χ4n) is 0.530. The zero-order chi connectivity index (χ0) is 10.3. The van der Waals surface area contributed by atoms with E-state index in [1.54, 1.807) is 6.92 Å². The van der Waals surface area contributed by atoms with Gasteiger partial charge in [0, 0.05) is 5.57 Å². The van der Waals surface area contributed by atoms with E-state index in [0.717, 1.165) is 0 Å². The Bertz CT molecular complexity index is 211. The summed E-state index contributed by atoms with van der Waals surface area (Å²) < 4.78 is 9.54. The van der Waals surface area contributed by atoms with E-state index in [-0.39, 0.29) is 12.6 Å². The molecule has 13 heavy (non-hydrogen) atoms. The molecular weight excluding hydrogens is 170 g/mol. The van der Waals surface area contributed by atoms with Gasteiger partial charge in [0.15, 0.2) is 5.88 Å². The molecule has 0 fully saturated rings. The Labute approximate surface area is 78.2 Å². The Morgan fingerprint density at radius 2 is 2.08 bits per heavy atom. The third-order valence-electron chi connectivity index (χ3n) is 1.25. The molecule has 0 aromatic carbocycles. The minimum Gasteiger partial charge on any atom is -0.483 e. The topological polar surface area (TPSA) is 47.6 Å². The molecule has 4 heteroatoms. The predicted molar refractivity (Wildman–Crippen MR) is 49.9 cm³/mol. The largest absolute Gasteiger partial charge is 0.483 e. The van der Waals surface area contributed by atoms with Gasteiger partial charge in [-0.05, 0) is 13.5 Å². The summed E-state index contributed by atoms with van der Waals surface area (Å²) in [6, 6.07) is 0. The lowest BCUT2D eigenvalue weighted by atomic mass is 10.4. The Balaban J connectivity index is 3.41. The molecule has 0 rings (SSSR count). The molecule has 1 N–H and O–H groups in total. The third kappa shape index (κ3) is 5.78. The van der Waals surface area contributed by atoms with E-state index in [4.69, 9.17) is 9.47 Å². The van der Waals surface area contributed by atoms with E-state index >= 15 is 0 Å². The van der Waals surface area contributed by atoms with E-state index < -0.39 is 0 Å². The average Bonchev–Trinajstić information content (AvgIpc) is 2.11. The van der Waals surface area contributed by atoms with Gasteiger partial charge in [0.05, 0.1) is 13.7 Å². The molecule has 0 spiro atoms. The van der Waals surface area contributed by atoms with Crippen molar-refractivity contribution in [3.8, 4) is 0 Å². The van der Waals surface area contributed by atoms with Crippen LogP contribution >= 0.6 is 0 Å². The van der Waals surface area contributed by atoms with Crippen molar-refractivity contribution in [1.29, 1.82) is 0 Å². The molecule has 0 aliphatic heterocycles. The fraction of sp³-hybridized carbons (Fsp3) is 0.444. The summed E-state index contributed by atoms with van der Waals surface area (Å²) in [5.74, 6) is 0.0659. The van der Waals surface area contributed by atoms with Crippen LogP contribution in [0.2, 0.25) is 0 Å². The molecule has 0 saturated heterocycles. The third-order valence-corrected chi connectivity index (χ3v) is 1.25. The van der Waals surface area contributed by atoms with Crippen LogP contribution in [0.25, 0.3) is 0 Å². The normalized spacial score (nSPS) is 8.77. The highest BCUT2D eigenvalue weighted by atomic mass is 16.5. The van der Waals surface area contributed by atoms with Gasteiger partial charge in [0.25, 0.3) is 0 Å². The first-order valence-electron chi connectivity index (χ1n) is 3.87. The molecule has 0 aromatic heterocycles. The molecule has 0 radical (unpaired) electrons. The molecule has 0 unspecified atom stereocenters. The monoisotopic (exact) mass is 185 g/mol. The van der Waals surface area contributed by atoms with Gasteiger partial charge < -0.3 is 14.8 Å². The first kappa shape index (κ1) is 11.6. The summed E-state index contributed by atoms with van der Waals surface area (Å²) >= 11 is 0. The van der Waals surface area contributed by atoms with Crippen LogP contribution in [0.5, 0.6) is 0 Å². The van der Waals surface area contributed by atoms with Crippen molar-refractivity contribution in [1.82, 2.24) is 5.32 Å². The molecule has 74 valence electrons. The number of carbonyl (C=O) groups is 1. The average molecular weight is 185 g/mol. The highest BCUT2D eigenvalue weighted by Crippen LogP contribution is 1.91. The highest BCUT2D eigenvalue weighted by Gasteiger charge is 2.01. The van der Waals surface area contributed by atoms with E-state index in [0.29, 0.717) is 18.0 Å². The second kappa shape index (κ2) is 6.11. The van der Waals surface area contributed by atoms with Gasteiger partial charge in [-0.3, -0.25) is 0 Å². The number of hydrogen-bond acceptors (Lipinski definition) is 4. The van der Waals surface area contributed by atoms with E-state index in [2.05, 4.69) is 18.5 Å². The molecule has 0 atom stereocenters. The quantitative estimate of drug-likeness (QED) is 0.288. The van der Waals surface area contributed by atoms with Crippen LogP contribution in [0.4, 0.5) is 0 Å². The van der Waals surface area contributed by atoms with Crippen LogP contribution in [0.3, 0.4) is 0 Å². The molecule has 0 heterocycles. The van der Waals surface area contributed by atoms with Crippen molar-refractivity contribution >= 4 is 5.97 Å². The van der Waals surface area contributed by atoms with Crippen LogP contribution in [0.1, 0.15) is 6.92 Å². The molecule has 0 saturated carbocycles. The van der Waals surface area contributed by atoms with Gasteiger partial charge in [-0.1, -0.05) is 6.58 Å². The van der Waals surface area contributed by atoms with Crippen LogP contribution < -0.4 is 5.32 Å². The zero-order valence-corrected chi connectivity index (χ0v) is 8.05. The molecule has 4 nitrogen and oxygen atoms in total. The first-order chi connectivity index (χ1) is 6.07. The maximum atomic E-state index is 10.9. The first-order valence-corrected chi connectivity index (χ1v) is 3.87. The van der Waals surface area contributed by atoms with E-state index in [1.807, 2.05) is 0 Å². The highest BCUT2D eigenvalue weighted by molar-refractivity contribution is 5.86. The van der Waals surface area contributed by atoms with Crippen molar-refractivity contribution in [3.63, 3.8) is 0 Å². The Hall–Kier alpha value is -1.45. The number of rotatable bonds is 6. The minimum absolute atomic E-state index is 0.272. The van der Waals surface area contributed by atoms with Crippen molar-refractivity contribution in [2.45, 2.75) is 6.92 Å². The van der Waals surface area contributed by atoms with Crippen LogP contribution in [-0.2, 0) is 14.3 Å². The lowest BCUT2D eigenvalue weighted by molar-refractivity contribution is -0.138. The van der Waals surface area contributed by atoms with Gasteiger partial charge in [-0.2, -0.15) is 0 Å². The SMILES string of the molecule is C=C(NCCOC(=O)C(=C)C)OC. The molecule has 0 aromatic rings. The molecule has 0 aliphatic carbocycles. The predicted octanol–water partition coefficient (Wildman–Crippen LogP) is 0.813. The fourth-order valence-corrected chi connectivity index (χ4v) is 0.530. The molecule has 0 aliphatic rings. The van der Waals surface area contributed by atoms with Gasteiger partial charge in [0.2, 0.25) is 0 Å². The lowest BCUT2D eigenvalue weighted by Crippen LogP contribution is -2.21. The van der Waals surface area contributed by atoms with E-state index in [9.17, 15) is 4.79 Å². The maximum absolute atomic E-state index is 10.9. The number of ether oxygens (including phenoxy) is 2. The molecule has 0 amide bonds. The standard InChI is InChI=1S/C9H15NO3/c1-7(2)9(11)13-6-5-10-8(3)12-4/h10H,1,3,5-6H2,2,4H3. The summed E-state index contributed by atoms with van der Waals surface area (Å²) in [5, 5.41) is 2.80. The number of nitrogens with one attached hydrogen (secondary N) is 1. The van der Waals surface area contributed by atoms with Gasteiger partial charge in [-0.15, -0.1) is 0 Å². The second-order valence-electron chi connectivity index (χ2n) is 2.47. The van der Waals surface area contributed by atoms with Gasteiger partial charge in [0.1, 0.15) is 6.61 Å². The van der Waals surface area contributed by atoms with Crippen molar-refractivity contribution in [2.75, 3.05) is 20.3 Å². The number of hydrogen-bond donors (Lipinski definition) is 1. The summed E-state index contributed by atoms with van der Waals surface area (Å²) in [6.07, 6.45) is 0. The van der Waals surface area contributed by atoms with Crippen LogP contribution in [0.15, 0.2) is 24.6 Å². The minimum atomic E-state index is -0.384. The second-order valence-corrected chi connectivity index (χ2v) is 2.47. The summed E-state index contributed by atoms with van der Waals surface area (Å²) in [4.78, 5) is 10.9. The van der Waals surface area contributed by atoms with Crippen molar-refractivity contribution < 1.29 is 14.3 Å². The smallest absolute Gasteiger partial charge is 0.333 e. The molecule has 0 bridgehead atoms. The zero-order valence-electron chi connectivity index (χ0n) is 8.05. The Morgan fingerprint density at radius 3 is 2.54 bits per heavy atom. The van der Waals surface area contributed by atoms with Gasteiger partial charge >= 0.3 is 5.97 Å².